The molecule has 0 aromatic heterocycles. The molecule has 6 heteroatoms. The summed E-state index contributed by atoms with van der Waals surface area (Å²) in [6, 6.07) is 28.6. The van der Waals surface area contributed by atoms with Gasteiger partial charge in [-0.1, -0.05) is 24.3 Å². The van der Waals surface area contributed by atoms with Gasteiger partial charge in [-0.05, 0) is 83.9 Å². The zero-order valence-electron chi connectivity index (χ0n) is 15.9. The summed E-state index contributed by atoms with van der Waals surface area (Å²) in [5.74, 6) is 0.400. The van der Waals surface area contributed by atoms with Crippen LogP contribution in [0.3, 0.4) is 0 Å². The standard InChI is InChI=1S/C24H18N4O2/c29-23-13-9-21(10-14-23)27-25-19-5-1-17(2-6-19)18-3-7-20(8-4-18)26-28-22-11-15-24(30)16-12-22/h1-16,29-30H. The second-order valence-electron chi connectivity index (χ2n) is 6.53. The molecule has 0 bridgehead atoms. The van der Waals surface area contributed by atoms with Crippen molar-refractivity contribution in [3.8, 4) is 22.6 Å². The summed E-state index contributed by atoms with van der Waals surface area (Å²) >= 11 is 0. The van der Waals surface area contributed by atoms with Gasteiger partial charge >= 0.3 is 0 Å². The number of phenols is 2. The van der Waals surface area contributed by atoms with Crippen LogP contribution >= 0.6 is 0 Å². The van der Waals surface area contributed by atoms with Crippen LogP contribution in [0.5, 0.6) is 11.5 Å². The van der Waals surface area contributed by atoms with E-state index in [4.69, 9.17) is 0 Å². The fourth-order valence-corrected chi connectivity index (χ4v) is 2.71. The number of phenolic OH excluding ortho intramolecular Hbond substituents is 2. The van der Waals surface area contributed by atoms with Crippen LogP contribution in [0.2, 0.25) is 0 Å². The maximum atomic E-state index is 9.30. The Morgan fingerprint density at radius 3 is 0.833 bits per heavy atom. The molecule has 0 saturated carbocycles. The highest BCUT2D eigenvalue weighted by atomic mass is 16.3. The molecule has 4 rings (SSSR count). The van der Waals surface area contributed by atoms with Gasteiger partial charge in [-0.15, -0.1) is 0 Å². The van der Waals surface area contributed by atoms with E-state index in [1.807, 2.05) is 48.5 Å². The second kappa shape index (κ2) is 8.79. The number of hydrogen-bond acceptors (Lipinski definition) is 6. The maximum Gasteiger partial charge on any atom is 0.115 e. The Balaban J connectivity index is 1.42. The molecule has 0 saturated heterocycles. The lowest BCUT2D eigenvalue weighted by molar-refractivity contribution is 0.475. The van der Waals surface area contributed by atoms with Crippen molar-refractivity contribution in [1.82, 2.24) is 0 Å². The van der Waals surface area contributed by atoms with Crippen LogP contribution in [-0.2, 0) is 0 Å². The van der Waals surface area contributed by atoms with Gasteiger partial charge in [-0.25, -0.2) is 0 Å². The van der Waals surface area contributed by atoms with Crippen molar-refractivity contribution in [3.63, 3.8) is 0 Å². The first-order valence-electron chi connectivity index (χ1n) is 9.28. The molecule has 6 nitrogen and oxygen atoms in total. The van der Waals surface area contributed by atoms with E-state index in [-0.39, 0.29) is 11.5 Å². The Hall–Kier alpha value is -4.32. The largest absolute Gasteiger partial charge is 0.508 e. The van der Waals surface area contributed by atoms with Crippen LogP contribution in [0, 0.1) is 0 Å². The Morgan fingerprint density at radius 1 is 0.333 bits per heavy atom. The topological polar surface area (TPSA) is 89.9 Å². The fraction of sp³-hybridized carbons (Fsp3) is 0. The van der Waals surface area contributed by atoms with Gasteiger partial charge in [0.1, 0.15) is 11.5 Å². The smallest absolute Gasteiger partial charge is 0.115 e. The molecule has 30 heavy (non-hydrogen) atoms. The van der Waals surface area contributed by atoms with E-state index >= 15 is 0 Å². The zero-order valence-corrected chi connectivity index (χ0v) is 15.9. The third-order valence-corrected chi connectivity index (χ3v) is 4.33. The van der Waals surface area contributed by atoms with E-state index < -0.39 is 0 Å². The fourth-order valence-electron chi connectivity index (χ4n) is 2.71. The van der Waals surface area contributed by atoms with E-state index in [1.165, 1.54) is 0 Å². The van der Waals surface area contributed by atoms with E-state index in [2.05, 4.69) is 20.5 Å². The lowest BCUT2D eigenvalue weighted by Gasteiger charge is -2.02. The summed E-state index contributed by atoms with van der Waals surface area (Å²) in [4.78, 5) is 0. The highest BCUT2D eigenvalue weighted by Crippen LogP contribution is 2.27. The molecule has 0 aliphatic carbocycles. The highest BCUT2D eigenvalue weighted by molar-refractivity contribution is 5.67. The van der Waals surface area contributed by atoms with Crippen molar-refractivity contribution in [2.45, 2.75) is 0 Å². The highest BCUT2D eigenvalue weighted by Gasteiger charge is 1.99. The number of hydrogen-bond donors (Lipinski definition) is 2. The zero-order chi connectivity index (χ0) is 20.8. The molecule has 0 aliphatic heterocycles. The molecule has 0 spiro atoms. The van der Waals surface area contributed by atoms with Gasteiger partial charge in [0.15, 0.2) is 0 Å². The van der Waals surface area contributed by atoms with Gasteiger partial charge in [0.05, 0.1) is 22.7 Å². The second-order valence-corrected chi connectivity index (χ2v) is 6.53. The van der Waals surface area contributed by atoms with Crippen molar-refractivity contribution in [2.75, 3.05) is 0 Å². The Labute approximate surface area is 173 Å². The van der Waals surface area contributed by atoms with Gasteiger partial charge in [0.25, 0.3) is 0 Å². The number of azo groups is 2. The molecule has 4 aromatic rings. The van der Waals surface area contributed by atoms with Gasteiger partial charge in [0, 0.05) is 0 Å². The van der Waals surface area contributed by atoms with E-state index in [1.54, 1.807) is 48.5 Å². The van der Waals surface area contributed by atoms with Crippen LogP contribution in [0.1, 0.15) is 0 Å². The van der Waals surface area contributed by atoms with Gasteiger partial charge in [-0.2, -0.15) is 20.5 Å². The minimum Gasteiger partial charge on any atom is -0.508 e. The average molecular weight is 394 g/mol. The van der Waals surface area contributed by atoms with Crippen molar-refractivity contribution in [1.29, 1.82) is 0 Å². The summed E-state index contributed by atoms with van der Waals surface area (Å²) in [7, 11) is 0. The lowest BCUT2D eigenvalue weighted by Crippen LogP contribution is -1.76. The summed E-state index contributed by atoms with van der Waals surface area (Å²) < 4.78 is 0. The van der Waals surface area contributed by atoms with Crippen LogP contribution in [-0.4, -0.2) is 10.2 Å². The molecule has 0 unspecified atom stereocenters. The van der Waals surface area contributed by atoms with Crippen LogP contribution in [0.4, 0.5) is 22.7 Å². The van der Waals surface area contributed by atoms with Crippen LogP contribution in [0.15, 0.2) is 118 Å². The number of rotatable bonds is 5. The lowest BCUT2D eigenvalue weighted by atomic mass is 10.1. The molecule has 0 radical (unpaired) electrons. The Bertz CT molecular complexity index is 1070. The molecule has 0 amide bonds. The van der Waals surface area contributed by atoms with Crippen LogP contribution in [0.25, 0.3) is 11.1 Å². The predicted molar refractivity (Wildman–Crippen MR) is 116 cm³/mol. The first-order chi connectivity index (χ1) is 14.7. The molecule has 0 heterocycles. The van der Waals surface area contributed by atoms with E-state index in [0.29, 0.717) is 11.4 Å². The van der Waals surface area contributed by atoms with Crippen molar-refractivity contribution < 1.29 is 10.2 Å². The van der Waals surface area contributed by atoms with Crippen molar-refractivity contribution in [2.24, 2.45) is 20.5 Å². The Kier molecular flexibility index (Phi) is 5.57. The quantitative estimate of drug-likeness (QED) is 0.341. The SMILES string of the molecule is Oc1ccc(N=Nc2ccc(-c3ccc(N=Nc4ccc(O)cc4)cc3)cc2)cc1. The van der Waals surface area contributed by atoms with E-state index in [9.17, 15) is 10.2 Å². The summed E-state index contributed by atoms with van der Waals surface area (Å²) in [6.45, 7) is 0. The first kappa shape index (κ1) is 19.0. The Morgan fingerprint density at radius 2 is 0.567 bits per heavy atom. The minimum absolute atomic E-state index is 0.200. The molecular weight excluding hydrogens is 376 g/mol. The minimum atomic E-state index is 0.200. The van der Waals surface area contributed by atoms with Gasteiger partial charge < -0.3 is 10.2 Å². The third kappa shape index (κ3) is 4.94. The van der Waals surface area contributed by atoms with Gasteiger partial charge in [-0.3, -0.25) is 0 Å². The van der Waals surface area contributed by atoms with Crippen molar-refractivity contribution >= 4 is 22.7 Å². The number of aromatic hydroxyl groups is 2. The van der Waals surface area contributed by atoms with Crippen molar-refractivity contribution in [3.05, 3.63) is 97.1 Å². The summed E-state index contributed by atoms with van der Waals surface area (Å²) in [6.07, 6.45) is 0. The summed E-state index contributed by atoms with van der Waals surface area (Å²) in [5.41, 5.74) is 4.95. The first-order valence-corrected chi connectivity index (χ1v) is 9.28. The summed E-state index contributed by atoms with van der Waals surface area (Å²) in [5, 5.41) is 35.3. The molecule has 2 N–H and O–H groups in total. The monoisotopic (exact) mass is 394 g/mol. The normalized spacial score (nSPS) is 11.3. The molecule has 0 aliphatic rings. The van der Waals surface area contributed by atoms with E-state index in [0.717, 1.165) is 22.5 Å². The predicted octanol–water partition coefficient (Wildman–Crippen LogP) is 7.60. The maximum absolute atomic E-state index is 9.30. The molecule has 0 fully saturated rings. The molecule has 0 atom stereocenters. The van der Waals surface area contributed by atoms with Gasteiger partial charge in [0.2, 0.25) is 0 Å². The number of benzene rings is 4. The third-order valence-electron chi connectivity index (χ3n) is 4.33. The molecule has 4 aromatic carbocycles. The van der Waals surface area contributed by atoms with Crippen LogP contribution < -0.4 is 0 Å². The molecule has 146 valence electrons. The molecular formula is C24H18N4O2. The number of nitrogens with zero attached hydrogens (tertiary/aromatic N) is 4. The average Bonchev–Trinajstić information content (AvgIpc) is 2.79.